The maximum atomic E-state index is 13.5. The third kappa shape index (κ3) is 6.11. The quantitative estimate of drug-likeness (QED) is 0.499. The van der Waals surface area contributed by atoms with Crippen LogP contribution in [0.25, 0.3) is 11.1 Å². The van der Waals surface area contributed by atoms with Crippen molar-refractivity contribution in [2.45, 2.75) is 31.1 Å². The molecule has 1 N–H and O–H groups in total. The first-order valence-corrected chi connectivity index (χ1v) is 11.1. The van der Waals surface area contributed by atoms with Crippen molar-refractivity contribution < 1.29 is 31.5 Å². The van der Waals surface area contributed by atoms with Crippen LogP contribution in [0.5, 0.6) is 0 Å². The SMILES string of the molecule is N#C[C@@H]1CC(F)(F)CN1C(=O)CNC(=O)c1cnn(Cc2ccc(-c3ccc(C(F)(F)F)cc3)cc2)c1. The summed E-state index contributed by atoms with van der Waals surface area (Å²) in [7, 11) is 0. The van der Waals surface area contributed by atoms with Crippen molar-refractivity contribution in [3.8, 4) is 17.2 Å². The van der Waals surface area contributed by atoms with Crippen molar-refractivity contribution in [1.29, 1.82) is 5.26 Å². The van der Waals surface area contributed by atoms with E-state index in [9.17, 15) is 31.5 Å². The summed E-state index contributed by atoms with van der Waals surface area (Å²) in [5.74, 6) is -4.55. The largest absolute Gasteiger partial charge is 0.416 e. The zero-order chi connectivity index (χ0) is 26.8. The maximum absolute atomic E-state index is 13.5. The van der Waals surface area contributed by atoms with Crippen LogP contribution in [0, 0.1) is 11.3 Å². The van der Waals surface area contributed by atoms with Crippen LogP contribution in [0.2, 0.25) is 0 Å². The molecule has 1 atom stereocenters. The van der Waals surface area contributed by atoms with Gasteiger partial charge in [-0.3, -0.25) is 14.3 Å². The minimum absolute atomic E-state index is 0.151. The number of nitrogens with zero attached hydrogens (tertiary/aromatic N) is 4. The highest BCUT2D eigenvalue weighted by Crippen LogP contribution is 2.32. The zero-order valence-corrected chi connectivity index (χ0v) is 19.2. The summed E-state index contributed by atoms with van der Waals surface area (Å²) >= 11 is 0. The lowest BCUT2D eigenvalue weighted by atomic mass is 10.0. The van der Waals surface area contributed by atoms with E-state index in [4.69, 9.17) is 5.26 Å². The summed E-state index contributed by atoms with van der Waals surface area (Å²) in [6.07, 6.45) is -2.39. The van der Waals surface area contributed by atoms with E-state index < -0.39 is 55.0 Å². The third-order valence-corrected chi connectivity index (χ3v) is 5.88. The van der Waals surface area contributed by atoms with Crippen LogP contribution in [0.4, 0.5) is 22.0 Å². The number of carbonyl (C=O) groups excluding carboxylic acids is 2. The molecule has 1 saturated heterocycles. The van der Waals surface area contributed by atoms with Crippen molar-refractivity contribution in [3.63, 3.8) is 0 Å². The van der Waals surface area contributed by atoms with Gasteiger partial charge in [-0.25, -0.2) is 8.78 Å². The molecule has 0 saturated carbocycles. The van der Waals surface area contributed by atoms with Gasteiger partial charge in [-0.15, -0.1) is 0 Å². The Kier molecular flexibility index (Phi) is 6.98. The predicted octanol–water partition coefficient (Wildman–Crippen LogP) is 4.11. The Morgan fingerprint density at radius 2 is 1.70 bits per heavy atom. The van der Waals surface area contributed by atoms with Crippen LogP contribution in [-0.2, 0) is 17.5 Å². The second kappa shape index (κ2) is 10.0. The first kappa shape index (κ1) is 25.8. The minimum Gasteiger partial charge on any atom is -0.343 e. The van der Waals surface area contributed by atoms with Crippen LogP contribution in [0.3, 0.4) is 0 Å². The first-order valence-electron chi connectivity index (χ1n) is 11.1. The molecular weight excluding hydrogens is 497 g/mol. The molecule has 0 bridgehead atoms. The molecule has 1 aliphatic heterocycles. The summed E-state index contributed by atoms with van der Waals surface area (Å²) in [4.78, 5) is 25.4. The second-order valence-electron chi connectivity index (χ2n) is 8.61. The molecule has 192 valence electrons. The molecule has 0 aliphatic carbocycles. The standard InChI is InChI=1S/C25H20F5N5O2/c26-24(27)9-21(10-31)35(15-24)22(36)12-32-23(37)19-11-33-34(14-19)13-16-1-3-17(4-2-16)18-5-7-20(8-6-18)25(28,29)30/h1-8,11,14,21H,9,12-13,15H2,(H,32,37)/t21-/m0/s1. The van der Waals surface area contributed by atoms with E-state index in [1.807, 2.05) is 0 Å². The van der Waals surface area contributed by atoms with Crippen molar-refractivity contribution in [1.82, 2.24) is 20.0 Å². The monoisotopic (exact) mass is 517 g/mol. The Morgan fingerprint density at radius 1 is 1.08 bits per heavy atom. The van der Waals surface area contributed by atoms with E-state index in [1.54, 1.807) is 30.3 Å². The van der Waals surface area contributed by atoms with E-state index in [-0.39, 0.29) is 5.56 Å². The Labute approximate surface area is 208 Å². The van der Waals surface area contributed by atoms with Gasteiger partial charge in [0.15, 0.2) is 0 Å². The Morgan fingerprint density at radius 3 is 2.30 bits per heavy atom. The summed E-state index contributed by atoms with van der Waals surface area (Å²) in [6, 6.07) is 12.4. The van der Waals surface area contributed by atoms with Crippen molar-refractivity contribution in [2.75, 3.05) is 13.1 Å². The van der Waals surface area contributed by atoms with E-state index in [2.05, 4.69) is 10.4 Å². The fraction of sp³-hybridized carbons (Fsp3) is 0.280. The number of carbonyl (C=O) groups is 2. The van der Waals surface area contributed by atoms with Gasteiger partial charge in [0, 0.05) is 12.6 Å². The maximum Gasteiger partial charge on any atom is 0.416 e. The number of hydrogen-bond donors (Lipinski definition) is 1. The van der Waals surface area contributed by atoms with Gasteiger partial charge in [0.1, 0.15) is 6.04 Å². The molecule has 1 aromatic heterocycles. The van der Waals surface area contributed by atoms with Crippen LogP contribution in [0.15, 0.2) is 60.9 Å². The van der Waals surface area contributed by atoms with Gasteiger partial charge in [0.05, 0.1) is 43.0 Å². The smallest absolute Gasteiger partial charge is 0.343 e. The lowest BCUT2D eigenvalue weighted by Crippen LogP contribution is -2.42. The number of rotatable bonds is 6. The fourth-order valence-electron chi connectivity index (χ4n) is 3.96. The zero-order valence-electron chi connectivity index (χ0n) is 19.2. The predicted molar refractivity (Wildman–Crippen MR) is 121 cm³/mol. The molecule has 0 radical (unpaired) electrons. The van der Waals surface area contributed by atoms with Gasteiger partial charge in [0.25, 0.3) is 11.8 Å². The lowest BCUT2D eigenvalue weighted by molar-refractivity contribution is -0.137. The molecule has 12 heteroatoms. The van der Waals surface area contributed by atoms with Crippen molar-refractivity contribution in [2.24, 2.45) is 0 Å². The number of alkyl halides is 5. The summed E-state index contributed by atoms with van der Waals surface area (Å²) in [5.41, 5.74) is 1.61. The average molecular weight is 517 g/mol. The number of hydrogen-bond acceptors (Lipinski definition) is 4. The summed E-state index contributed by atoms with van der Waals surface area (Å²) < 4.78 is 66.8. The topological polar surface area (TPSA) is 91.0 Å². The number of amides is 2. The van der Waals surface area contributed by atoms with Gasteiger partial charge < -0.3 is 10.2 Å². The Balaban J connectivity index is 1.32. The normalized spacial score (nSPS) is 16.9. The van der Waals surface area contributed by atoms with E-state index in [0.717, 1.165) is 28.2 Å². The molecule has 1 fully saturated rings. The molecule has 2 heterocycles. The van der Waals surface area contributed by atoms with E-state index in [0.29, 0.717) is 12.1 Å². The average Bonchev–Trinajstić information content (AvgIpc) is 3.45. The van der Waals surface area contributed by atoms with Crippen LogP contribution in [-0.4, -0.2) is 51.5 Å². The van der Waals surface area contributed by atoms with Crippen LogP contribution >= 0.6 is 0 Å². The molecule has 1 aliphatic rings. The summed E-state index contributed by atoms with van der Waals surface area (Å²) in [6.45, 7) is -1.11. The molecule has 7 nitrogen and oxygen atoms in total. The molecule has 0 unspecified atom stereocenters. The van der Waals surface area contributed by atoms with E-state index in [1.165, 1.54) is 29.2 Å². The Hall–Kier alpha value is -4.27. The first-order chi connectivity index (χ1) is 17.4. The van der Waals surface area contributed by atoms with Gasteiger partial charge in [-0.05, 0) is 28.8 Å². The molecule has 2 aromatic carbocycles. The highest BCUT2D eigenvalue weighted by molar-refractivity contribution is 5.96. The number of benzene rings is 2. The van der Waals surface area contributed by atoms with Crippen LogP contribution in [0.1, 0.15) is 27.9 Å². The minimum atomic E-state index is -4.40. The molecule has 37 heavy (non-hydrogen) atoms. The number of nitriles is 1. The Bertz CT molecular complexity index is 1330. The fourth-order valence-corrected chi connectivity index (χ4v) is 3.96. The van der Waals surface area contributed by atoms with Gasteiger partial charge in [-0.2, -0.15) is 23.5 Å². The number of halogens is 5. The highest BCUT2D eigenvalue weighted by atomic mass is 19.4. The molecule has 3 aromatic rings. The number of likely N-dealkylation sites (tertiary alicyclic amines) is 1. The molecular formula is C25H20F5N5O2. The van der Waals surface area contributed by atoms with E-state index >= 15 is 0 Å². The van der Waals surface area contributed by atoms with Gasteiger partial charge >= 0.3 is 6.18 Å². The molecule has 0 spiro atoms. The number of nitrogens with one attached hydrogen (secondary N) is 1. The van der Waals surface area contributed by atoms with Gasteiger partial charge in [0.2, 0.25) is 5.91 Å². The highest BCUT2D eigenvalue weighted by Gasteiger charge is 2.47. The number of aromatic nitrogens is 2. The van der Waals surface area contributed by atoms with Crippen molar-refractivity contribution in [3.05, 3.63) is 77.6 Å². The second-order valence-corrected chi connectivity index (χ2v) is 8.61. The van der Waals surface area contributed by atoms with Crippen molar-refractivity contribution >= 4 is 11.8 Å². The third-order valence-electron chi connectivity index (χ3n) is 5.88. The van der Waals surface area contributed by atoms with Gasteiger partial charge in [-0.1, -0.05) is 36.4 Å². The lowest BCUT2D eigenvalue weighted by Gasteiger charge is -2.19. The molecule has 2 amide bonds. The molecule has 4 rings (SSSR count). The van der Waals surface area contributed by atoms with Crippen LogP contribution < -0.4 is 5.32 Å². The summed E-state index contributed by atoms with van der Waals surface area (Å²) in [5, 5.41) is 15.5.